The molecule has 4 rings (SSSR count). The SMILES string of the molecule is COc1ccc(C2C3CCc4ccc(OC)cc4C3=NN2C)cc1. The van der Waals surface area contributed by atoms with Crippen molar-refractivity contribution in [3.05, 3.63) is 59.2 Å². The monoisotopic (exact) mass is 322 g/mol. The summed E-state index contributed by atoms with van der Waals surface area (Å²) >= 11 is 0. The van der Waals surface area contributed by atoms with E-state index >= 15 is 0 Å². The molecule has 4 nitrogen and oxygen atoms in total. The molecule has 2 atom stereocenters. The minimum atomic E-state index is 0.283. The van der Waals surface area contributed by atoms with Crippen molar-refractivity contribution < 1.29 is 9.47 Å². The fourth-order valence-electron chi connectivity index (χ4n) is 3.96. The van der Waals surface area contributed by atoms with Crippen LogP contribution in [0.3, 0.4) is 0 Å². The molecule has 0 spiro atoms. The van der Waals surface area contributed by atoms with E-state index in [0.29, 0.717) is 5.92 Å². The number of hydrogen-bond donors (Lipinski definition) is 0. The third-order valence-electron chi connectivity index (χ3n) is 5.18. The third-order valence-corrected chi connectivity index (χ3v) is 5.18. The molecule has 1 aliphatic carbocycles. The Balaban J connectivity index is 1.70. The average molecular weight is 322 g/mol. The fraction of sp³-hybridized carbons (Fsp3) is 0.350. The van der Waals surface area contributed by atoms with Crippen molar-refractivity contribution in [2.75, 3.05) is 21.3 Å². The van der Waals surface area contributed by atoms with Crippen molar-refractivity contribution in [1.29, 1.82) is 0 Å². The molecule has 24 heavy (non-hydrogen) atoms. The second kappa shape index (κ2) is 5.86. The topological polar surface area (TPSA) is 34.1 Å². The van der Waals surface area contributed by atoms with Gasteiger partial charge in [-0.3, -0.25) is 5.01 Å². The molecule has 1 aliphatic heterocycles. The first-order valence-electron chi connectivity index (χ1n) is 8.34. The Morgan fingerprint density at radius 1 is 1.00 bits per heavy atom. The Morgan fingerprint density at radius 2 is 1.71 bits per heavy atom. The molecular formula is C20H22N2O2. The molecule has 0 fully saturated rings. The number of hydrazone groups is 1. The van der Waals surface area contributed by atoms with Crippen molar-refractivity contribution in [2.24, 2.45) is 11.0 Å². The maximum Gasteiger partial charge on any atom is 0.119 e. The number of ether oxygens (including phenoxy) is 2. The largest absolute Gasteiger partial charge is 0.497 e. The van der Waals surface area contributed by atoms with E-state index in [9.17, 15) is 0 Å². The molecule has 4 heteroatoms. The van der Waals surface area contributed by atoms with Gasteiger partial charge in [0.05, 0.1) is 26.0 Å². The molecule has 2 unspecified atom stereocenters. The zero-order chi connectivity index (χ0) is 16.7. The van der Waals surface area contributed by atoms with Crippen LogP contribution in [0, 0.1) is 5.92 Å². The quantitative estimate of drug-likeness (QED) is 0.865. The summed E-state index contributed by atoms with van der Waals surface area (Å²) < 4.78 is 10.7. The van der Waals surface area contributed by atoms with Crippen LogP contribution in [0.25, 0.3) is 0 Å². The fourth-order valence-corrected chi connectivity index (χ4v) is 3.96. The highest BCUT2D eigenvalue weighted by molar-refractivity contribution is 6.06. The zero-order valence-electron chi connectivity index (χ0n) is 14.3. The van der Waals surface area contributed by atoms with Crippen molar-refractivity contribution in [2.45, 2.75) is 18.9 Å². The molecule has 2 aromatic carbocycles. The van der Waals surface area contributed by atoms with Gasteiger partial charge in [-0.05, 0) is 48.2 Å². The van der Waals surface area contributed by atoms with Crippen LogP contribution in [0.4, 0.5) is 0 Å². The number of rotatable bonds is 3. The molecule has 0 bridgehead atoms. The third kappa shape index (κ3) is 2.33. The predicted molar refractivity (Wildman–Crippen MR) is 94.8 cm³/mol. The zero-order valence-corrected chi connectivity index (χ0v) is 14.3. The summed E-state index contributed by atoms with van der Waals surface area (Å²) in [5.41, 5.74) is 5.09. The highest BCUT2D eigenvalue weighted by atomic mass is 16.5. The van der Waals surface area contributed by atoms with Crippen LogP contribution in [-0.2, 0) is 6.42 Å². The first-order chi connectivity index (χ1) is 11.7. The van der Waals surface area contributed by atoms with Crippen molar-refractivity contribution in [3.63, 3.8) is 0 Å². The molecule has 0 radical (unpaired) electrons. The van der Waals surface area contributed by atoms with E-state index in [-0.39, 0.29) is 6.04 Å². The van der Waals surface area contributed by atoms with E-state index in [1.165, 1.54) is 22.4 Å². The average Bonchev–Trinajstić information content (AvgIpc) is 2.97. The summed E-state index contributed by atoms with van der Waals surface area (Å²) in [4.78, 5) is 0. The second-order valence-corrected chi connectivity index (χ2v) is 6.45. The van der Waals surface area contributed by atoms with Crippen LogP contribution in [-0.4, -0.2) is 32.0 Å². The van der Waals surface area contributed by atoms with Crippen molar-refractivity contribution >= 4 is 5.71 Å². The van der Waals surface area contributed by atoms with E-state index in [1.807, 2.05) is 18.2 Å². The van der Waals surface area contributed by atoms with Gasteiger partial charge in [-0.1, -0.05) is 18.2 Å². The van der Waals surface area contributed by atoms with Crippen LogP contribution in [0.2, 0.25) is 0 Å². The Hall–Kier alpha value is -2.49. The second-order valence-electron chi connectivity index (χ2n) is 6.45. The Bertz CT molecular complexity index is 783. The Labute approximate surface area is 142 Å². The van der Waals surface area contributed by atoms with Gasteiger partial charge in [0.2, 0.25) is 0 Å². The minimum Gasteiger partial charge on any atom is -0.497 e. The maximum absolute atomic E-state index is 5.41. The molecule has 2 aliphatic rings. The van der Waals surface area contributed by atoms with Crippen LogP contribution < -0.4 is 9.47 Å². The smallest absolute Gasteiger partial charge is 0.119 e. The predicted octanol–water partition coefficient (Wildman–Crippen LogP) is 3.66. The number of benzene rings is 2. The molecule has 0 N–H and O–H groups in total. The summed E-state index contributed by atoms with van der Waals surface area (Å²) in [5.74, 6) is 2.20. The van der Waals surface area contributed by atoms with Crippen LogP contribution in [0.5, 0.6) is 11.5 Å². The maximum atomic E-state index is 5.41. The molecule has 0 saturated carbocycles. The normalized spacial score (nSPS) is 21.8. The molecule has 0 saturated heterocycles. The standard InChI is InChI=1S/C20H22N2O2/c1-22-20(14-5-8-15(23-2)9-6-14)17-11-7-13-4-10-16(24-3)12-18(13)19(17)21-22/h4-6,8-10,12,17,20H,7,11H2,1-3H3. The Kier molecular flexibility index (Phi) is 3.68. The van der Waals surface area contributed by atoms with Crippen molar-refractivity contribution in [3.8, 4) is 11.5 Å². The number of fused-ring (bicyclic) bond motifs is 3. The summed E-state index contributed by atoms with van der Waals surface area (Å²) in [5, 5.41) is 7.00. The molecular weight excluding hydrogens is 300 g/mol. The first kappa shape index (κ1) is 15.1. The molecule has 0 amide bonds. The lowest BCUT2D eigenvalue weighted by Gasteiger charge is -2.29. The lowest BCUT2D eigenvalue weighted by Crippen LogP contribution is -2.27. The van der Waals surface area contributed by atoms with Crippen LogP contribution >= 0.6 is 0 Å². The van der Waals surface area contributed by atoms with Gasteiger partial charge in [0.1, 0.15) is 11.5 Å². The van der Waals surface area contributed by atoms with Gasteiger partial charge >= 0.3 is 0 Å². The number of hydrogen-bond acceptors (Lipinski definition) is 4. The van der Waals surface area contributed by atoms with Gasteiger partial charge in [0.15, 0.2) is 0 Å². The van der Waals surface area contributed by atoms with E-state index < -0.39 is 0 Å². The summed E-state index contributed by atoms with van der Waals surface area (Å²) in [6.45, 7) is 0. The first-order valence-corrected chi connectivity index (χ1v) is 8.34. The van der Waals surface area contributed by atoms with Gasteiger partial charge < -0.3 is 9.47 Å². The van der Waals surface area contributed by atoms with Gasteiger partial charge in [-0.25, -0.2) is 0 Å². The van der Waals surface area contributed by atoms with Gasteiger partial charge in [-0.2, -0.15) is 5.10 Å². The van der Waals surface area contributed by atoms with Crippen molar-refractivity contribution in [1.82, 2.24) is 5.01 Å². The van der Waals surface area contributed by atoms with Gasteiger partial charge in [0, 0.05) is 18.5 Å². The lowest BCUT2D eigenvalue weighted by atomic mass is 9.77. The summed E-state index contributed by atoms with van der Waals surface area (Å²) in [7, 11) is 5.48. The van der Waals surface area contributed by atoms with Crippen LogP contribution in [0.15, 0.2) is 47.6 Å². The molecule has 1 heterocycles. The minimum absolute atomic E-state index is 0.283. The van der Waals surface area contributed by atoms with Gasteiger partial charge in [0.25, 0.3) is 0 Å². The highest BCUT2D eigenvalue weighted by Crippen LogP contribution is 2.43. The van der Waals surface area contributed by atoms with Crippen LogP contribution in [0.1, 0.15) is 29.2 Å². The van der Waals surface area contributed by atoms with E-state index in [2.05, 4.69) is 36.3 Å². The van der Waals surface area contributed by atoms with E-state index in [4.69, 9.17) is 14.6 Å². The molecule has 0 aromatic heterocycles. The number of aryl methyl sites for hydroxylation is 1. The number of methoxy groups -OCH3 is 2. The Morgan fingerprint density at radius 3 is 2.42 bits per heavy atom. The molecule has 124 valence electrons. The lowest BCUT2D eigenvalue weighted by molar-refractivity contribution is 0.243. The van der Waals surface area contributed by atoms with E-state index in [1.54, 1.807) is 14.2 Å². The highest BCUT2D eigenvalue weighted by Gasteiger charge is 2.40. The number of nitrogens with zero attached hydrogens (tertiary/aromatic N) is 2. The van der Waals surface area contributed by atoms with Gasteiger partial charge in [-0.15, -0.1) is 0 Å². The van der Waals surface area contributed by atoms with E-state index in [0.717, 1.165) is 24.3 Å². The molecule has 2 aromatic rings. The summed E-state index contributed by atoms with van der Waals surface area (Å²) in [6, 6.07) is 15.0. The summed E-state index contributed by atoms with van der Waals surface area (Å²) in [6.07, 6.45) is 2.21.